The van der Waals surface area contributed by atoms with Crippen molar-refractivity contribution >= 4 is 11.0 Å². The normalized spacial score (nSPS) is 12.8. The molecule has 2 aromatic heterocycles. The molecule has 18 heavy (non-hydrogen) atoms. The summed E-state index contributed by atoms with van der Waals surface area (Å²) in [5.41, 5.74) is 2.68. The third-order valence-corrected chi connectivity index (χ3v) is 3.05. The molecule has 1 aromatic carbocycles. The van der Waals surface area contributed by atoms with Crippen molar-refractivity contribution in [3.8, 4) is 0 Å². The van der Waals surface area contributed by atoms with Crippen molar-refractivity contribution in [2.75, 3.05) is 0 Å². The Hall–Kier alpha value is -2.13. The summed E-state index contributed by atoms with van der Waals surface area (Å²) in [6.07, 6.45) is 2.57. The maximum atomic E-state index is 10.3. The maximum Gasteiger partial charge on any atom is 0.138 e. The summed E-state index contributed by atoms with van der Waals surface area (Å²) < 4.78 is 5.74. The molecule has 0 aliphatic carbocycles. The molecule has 0 saturated heterocycles. The molecule has 0 aliphatic rings. The number of para-hydroxylation sites is 1. The SMILES string of the molecule is Cc1cccc2cc(C(O)c3ccncc3)oc12. The molecule has 0 amide bonds. The molecule has 0 fully saturated rings. The molecule has 3 rings (SSSR count). The van der Waals surface area contributed by atoms with Crippen molar-refractivity contribution < 1.29 is 9.52 Å². The lowest BCUT2D eigenvalue weighted by atomic mass is 10.1. The van der Waals surface area contributed by atoms with Gasteiger partial charge in [-0.15, -0.1) is 0 Å². The predicted octanol–water partition coefficient (Wildman–Crippen LogP) is 3.22. The summed E-state index contributed by atoms with van der Waals surface area (Å²) >= 11 is 0. The number of aryl methyl sites for hydroxylation is 1. The molecule has 1 unspecified atom stereocenters. The largest absolute Gasteiger partial charge is 0.458 e. The van der Waals surface area contributed by atoms with Gasteiger partial charge in [0.2, 0.25) is 0 Å². The van der Waals surface area contributed by atoms with E-state index in [0.717, 1.165) is 22.1 Å². The average molecular weight is 239 g/mol. The fraction of sp³-hybridized carbons (Fsp3) is 0.133. The highest BCUT2D eigenvalue weighted by Gasteiger charge is 2.15. The molecule has 3 nitrogen and oxygen atoms in total. The van der Waals surface area contributed by atoms with Crippen LogP contribution in [-0.4, -0.2) is 10.1 Å². The highest BCUT2D eigenvalue weighted by molar-refractivity contribution is 5.81. The van der Waals surface area contributed by atoms with Crippen LogP contribution < -0.4 is 0 Å². The van der Waals surface area contributed by atoms with Gasteiger partial charge in [-0.2, -0.15) is 0 Å². The number of fused-ring (bicyclic) bond motifs is 1. The Morgan fingerprint density at radius 1 is 1.17 bits per heavy atom. The summed E-state index contributed by atoms with van der Waals surface area (Å²) in [5, 5.41) is 11.3. The van der Waals surface area contributed by atoms with Gasteiger partial charge in [0.15, 0.2) is 0 Å². The summed E-state index contributed by atoms with van der Waals surface area (Å²) in [6, 6.07) is 11.4. The highest BCUT2D eigenvalue weighted by atomic mass is 16.4. The Kier molecular flexibility index (Phi) is 2.61. The van der Waals surface area contributed by atoms with Crippen molar-refractivity contribution in [3.05, 3.63) is 65.7 Å². The lowest BCUT2D eigenvalue weighted by Crippen LogP contribution is -1.97. The van der Waals surface area contributed by atoms with Gasteiger partial charge < -0.3 is 9.52 Å². The summed E-state index contributed by atoms with van der Waals surface area (Å²) in [5.74, 6) is 0.561. The molecule has 1 N–H and O–H groups in total. The van der Waals surface area contributed by atoms with Crippen molar-refractivity contribution in [1.82, 2.24) is 4.98 Å². The third kappa shape index (κ3) is 1.79. The van der Waals surface area contributed by atoms with Gasteiger partial charge in [-0.05, 0) is 36.2 Å². The molecule has 1 atom stereocenters. The molecule has 0 radical (unpaired) electrons. The van der Waals surface area contributed by atoms with Crippen LogP contribution in [0.4, 0.5) is 0 Å². The number of aliphatic hydroxyl groups is 1. The minimum atomic E-state index is -0.750. The van der Waals surface area contributed by atoms with E-state index in [2.05, 4.69) is 4.98 Å². The molecular formula is C15H13NO2. The number of aromatic nitrogens is 1. The first-order valence-electron chi connectivity index (χ1n) is 5.83. The van der Waals surface area contributed by atoms with Gasteiger partial charge in [-0.3, -0.25) is 4.98 Å². The van der Waals surface area contributed by atoms with Crippen LogP contribution >= 0.6 is 0 Å². The predicted molar refractivity (Wildman–Crippen MR) is 69.2 cm³/mol. The molecule has 0 bridgehead atoms. The summed E-state index contributed by atoms with van der Waals surface area (Å²) in [4.78, 5) is 3.94. The van der Waals surface area contributed by atoms with Gasteiger partial charge in [0.25, 0.3) is 0 Å². The first-order chi connectivity index (χ1) is 8.75. The fourth-order valence-electron chi connectivity index (χ4n) is 2.07. The van der Waals surface area contributed by atoms with Gasteiger partial charge in [-0.1, -0.05) is 18.2 Å². The second-order valence-electron chi connectivity index (χ2n) is 4.33. The van der Waals surface area contributed by atoms with E-state index in [4.69, 9.17) is 4.42 Å². The van der Waals surface area contributed by atoms with Crippen LogP contribution in [0.15, 0.2) is 53.2 Å². The smallest absolute Gasteiger partial charge is 0.138 e. The van der Waals surface area contributed by atoms with Crippen molar-refractivity contribution in [1.29, 1.82) is 0 Å². The fourth-order valence-corrected chi connectivity index (χ4v) is 2.07. The van der Waals surface area contributed by atoms with Crippen molar-refractivity contribution in [2.24, 2.45) is 0 Å². The molecule has 3 heteroatoms. The van der Waals surface area contributed by atoms with Gasteiger partial charge in [0.1, 0.15) is 17.4 Å². The Balaban J connectivity index is 2.07. The van der Waals surface area contributed by atoms with Crippen LogP contribution in [-0.2, 0) is 0 Å². The lowest BCUT2D eigenvalue weighted by Gasteiger charge is -2.06. The number of hydrogen-bond acceptors (Lipinski definition) is 3. The number of nitrogens with zero attached hydrogens (tertiary/aromatic N) is 1. The topological polar surface area (TPSA) is 46.3 Å². The van der Waals surface area contributed by atoms with Gasteiger partial charge in [0, 0.05) is 17.8 Å². The van der Waals surface area contributed by atoms with Crippen LogP contribution in [0.3, 0.4) is 0 Å². The third-order valence-electron chi connectivity index (χ3n) is 3.05. The number of aliphatic hydroxyl groups excluding tert-OH is 1. The van der Waals surface area contributed by atoms with Crippen LogP contribution in [0.1, 0.15) is 23.0 Å². The van der Waals surface area contributed by atoms with Gasteiger partial charge in [-0.25, -0.2) is 0 Å². The van der Waals surface area contributed by atoms with E-state index < -0.39 is 6.10 Å². The number of benzene rings is 1. The summed E-state index contributed by atoms with van der Waals surface area (Å²) in [6.45, 7) is 1.99. The first kappa shape index (κ1) is 11.0. The Morgan fingerprint density at radius 2 is 1.94 bits per heavy atom. The monoisotopic (exact) mass is 239 g/mol. The van der Waals surface area contributed by atoms with E-state index in [1.165, 1.54) is 0 Å². The molecule has 3 aromatic rings. The minimum Gasteiger partial charge on any atom is -0.458 e. The van der Waals surface area contributed by atoms with Crippen LogP contribution in [0.25, 0.3) is 11.0 Å². The highest BCUT2D eigenvalue weighted by Crippen LogP contribution is 2.29. The lowest BCUT2D eigenvalue weighted by molar-refractivity contribution is 0.192. The van der Waals surface area contributed by atoms with E-state index in [1.807, 2.05) is 31.2 Å². The van der Waals surface area contributed by atoms with E-state index in [9.17, 15) is 5.11 Å². The number of hydrogen-bond donors (Lipinski definition) is 1. The standard InChI is InChI=1S/C15H13NO2/c1-10-3-2-4-12-9-13(18-15(10)12)14(17)11-5-7-16-8-6-11/h2-9,14,17H,1H3. The zero-order valence-corrected chi connectivity index (χ0v) is 10.00. The number of pyridine rings is 1. The second kappa shape index (κ2) is 4.27. The average Bonchev–Trinajstić information content (AvgIpc) is 2.84. The van der Waals surface area contributed by atoms with Crippen LogP contribution in [0.2, 0.25) is 0 Å². The minimum absolute atomic E-state index is 0.561. The van der Waals surface area contributed by atoms with E-state index in [-0.39, 0.29) is 0 Å². The zero-order valence-electron chi connectivity index (χ0n) is 10.00. The molecule has 0 saturated carbocycles. The Labute approximate surface area is 105 Å². The van der Waals surface area contributed by atoms with Crippen LogP contribution in [0, 0.1) is 6.92 Å². The maximum absolute atomic E-state index is 10.3. The van der Waals surface area contributed by atoms with Gasteiger partial charge >= 0.3 is 0 Å². The zero-order chi connectivity index (χ0) is 12.5. The van der Waals surface area contributed by atoms with E-state index in [0.29, 0.717) is 5.76 Å². The number of rotatable bonds is 2. The second-order valence-corrected chi connectivity index (χ2v) is 4.33. The van der Waals surface area contributed by atoms with E-state index in [1.54, 1.807) is 24.5 Å². The first-order valence-corrected chi connectivity index (χ1v) is 5.83. The van der Waals surface area contributed by atoms with Crippen LogP contribution in [0.5, 0.6) is 0 Å². The molecule has 0 spiro atoms. The van der Waals surface area contributed by atoms with Gasteiger partial charge in [0.05, 0.1) is 0 Å². The molecule has 90 valence electrons. The molecule has 0 aliphatic heterocycles. The Bertz CT molecular complexity index is 673. The van der Waals surface area contributed by atoms with Crippen molar-refractivity contribution in [3.63, 3.8) is 0 Å². The molecule has 2 heterocycles. The van der Waals surface area contributed by atoms with Crippen molar-refractivity contribution in [2.45, 2.75) is 13.0 Å². The summed E-state index contributed by atoms with van der Waals surface area (Å²) in [7, 11) is 0. The number of furan rings is 1. The Morgan fingerprint density at radius 3 is 2.67 bits per heavy atom. The quantitative estimate of drug-likeness (QED) is 0.746. The van der Waals surface area contributed by atoms with E-state index >= 15 is 0 Å². The molecular weight excluding hydrogens is 226 g/mol.